The summed E-state index contributed by atoms with van der Waals surface area (Å²) in [5.74, 6) is 1.86. The minimum Gasteiger partial charge on any atom is -0.493 e. The van der Waals surface area contributed by atoms with Gasteiger partial charge < -0.3 is 19.3 Å². The standard InChI is InChI=1S/C20H27ClN2O4/c1-3-27-17-8-6-16(15-18(17)26-2)7-9-20(25)23-13-11-22(12-14-23)19(24)5-4-10-21/h6-9,15H,3-5,10-14H2,1-2H3. The van der Waals surface area contributed by atoms with Crippen molar-refractivity contribution in [3.63, 3.8) is 0 Å². The van der Waals surface area contributed by atoms with Crippen LogP contribution in [0.4, 0.5) is 0 Å². The summed E-state index contributed by atoms with van der Waals surface area (Å²) in [5.41, 5.74) is 0.860. The van der Waals surface area contributed by atoms with Crippen LogP contribution in [0.15, 0.2) is 24.3 Å². The van der Waals surface area contributed by atoms with E-state index in [-0.39, 0.29) is 11.8 Å². The molecule has 1 heterocycles. The van der Waals surface area contributed by atoms with Gasteiger partial charge in [-0.3, -0.25) is 9.59 Å². The summed E-state index contributed by atoms with van der Waals surface area (Å²) < 4.78 is 10.8. The molecular weight excluding hydrogens is 368 g/mol. The third-order valence-electron chi connectivity index (χ3n) is 4.37. The highest BCUT2D eigenvalue weighted by atomic mass is 35.5. The quantitative estimate of drug-likeness (QED) is 0.502. The van der Waals surface area contributed by atoms with Gasteiger partial charge in [-0.05, 0) is 37.1 Å². The maximum Gasteiger partial charge on any atom is 0.246 e. The highest BCUT2D eigenvalue weighted by Crippen LogP contribution is 2.28. The van der Waals surface area contributed by atoms with E-state index < -0.39 is 0 Å². The Morgan fingerprint density at radius 1 is 1.15 bits per heavy atom. The van der Waals surface area contributed by atoms with E-state index in [1.807, 2.05) is 25.1 Å². The molecule has 2 rings (SSSR count). The molecule has 0 atom stereocenters. The SMILES string of the molecule is CCOc1ccc(C=CC(=O)N2CCN(C(=O)CCCCl)CC2)cc1OC. The highest BCUT2D eigenvalue weighted by Gasteiger charge is 2.22. The van der Waals surface area contributed by atoms with Crippen LogP contribution in [0.2, 0.25) is 0 Å². The maximum atomic E-state index is 12.4. The smallest absolute Gasteiger partial charge is 0.246 e. The van der Waals surface area contributed by atoms with Gasteiger partial charge >= 0.3 is 0 Å². The van der Waals surface area contributed by atoms with Gasteiger partial charge in [0, 0.05) is 44.6 Å². The molecule has 27 heavy (non-hydrogen) atoms. The number of alkyl halides is 1. The first-order valence-electron chi connectivity index (χ1n) is 9.20. The number of hydrogen-bond acceptors (Lipinski definition) is 4. The summed E-state index contributed by atoms with van der Waals surface area (Å²) in [5, 5.41) is 0. The molecule has 1 aromatic rings. The van der Waals surface area contributed by atoms with Crippen LogP contribution in [0.1, 0.15) is 25.3 Å². The van der Waals surface area contributed by atoms with Gasteiger partial charge in [-0.1, -0.05) is 6.07 Å². The van der Waals surface area contributed by atoms with E-state index >= 15 is 0 Å². The fraction of sp³-hybridized carbons (Fsp3) is 0.500. The molecule has 148 valence electrons. The molecule has 1 aliphatic rings. The molecule has 0 bridgehead atoms. The van der Waals surface area contributed by atoms with Gasteiger partial charge in [-0.15, -0.1) is 11.6 Å². The first kappa shape index (κ1) is 21.1. The number of amides is 2. The molecule has 7 heteroatoms. The lowest BCUT2D eigenvalue weighted by molar-refractivity contribution is -0.137. The molecule has 0 aliphatic carbocycles. The van der Waals surface area contributed by atoms with Crippen LogP contribution in [0, 0.1) is 0 Å². The van der Waals surface area contributed by atoms with Crippen LogP contribution in [0.25, 0.3) is 6.08 Å². The Morgan fingerprint density at radius 2 is 1.85 bits per heavy atom. The van der Waals surface area contributed by atoms with E-state index in [0.29, 0.717) is 63.0 Å². The normalized spacial score (nSPS) is 14.5. The summed E-state index contributed by atoms with van der Waals surface area (Å²) in [6.45, 7) is 4.70. The van der Waals surface area contributed by atoms with Crippen LogP contribution in [-0.4, -0.2) is 67.4 Å². The minimum atomic E-state index is -0.0595. The molecule has 1 saturated heterocycles. The lowest BCUT2D eigenvalue weighted by Crippen LogP contribution is -2.50. The number of ether oxygens (including phenoxy) is 2. The van der Waals surface area contributed by atoms with Crippen LogP contribution in [-0.2, 0) is 9.59 Å². The third kappa shape index (κ3) is 6.17. The molecule has 0 saturated carbocycles. The van der Waals surface area contributed by atoms with Crippen LogP contribution in [0.5, 0.6) is 11.5 Å². The van der Waals surface area contributed by atoms with Crippen LogP contribution < -0.4 is 9.47 Å². The second-order valence-electron chi connectivity index (χ2n) is 6.18. The molecule has 1 aliphatic heterocycles. The maximum absolute atomic E-state index is 12.4. The van der Waals surface area contributed by atoms with E-state index in [1.165, 1.54) is 0 Å². The zero-order chi connectivity index (χ0) is 19.6. The molecule has 0 unspecified atom stereocenters. The average Bonchev–Trinajstić information content (AvgIpc) is 2.71. The van der Waals surface area contributed by atoms with E-state index in [2.05, 4.69) is 0 Å². The van der Waals surface area contributed by atoms with E-state index in [1.54, 1.807) is 29.1 Å². The Balaban J connectivity index is 1.89. The van der Waals surface area contributed by atoms with Crippen molar-refractivity contribution in [2.24, 2.45) is 0 Å². The number of hydrogen-bond donors (Lipinski definition) is 0. The minimum absolute atomic E-state index is 0.0595. The van der Waals surface area contributed by atoms with Crippen LogP contribution >= 0.6 is 11.6 Å². The molecule has 0 aromatic heterocycles. The molecule has 0 N–H and O–H groups in total. The summed E-state index contributed by atoms with van der Waals surface area (Å²) in [4.78, 5) is 28.0. The van der Waals surface area contributed by atoms with Crippen molar-refractivity contribution < 1.29 is 19.1 Å². The number of benzene rings is 1. The Labute approximate surface area is 165 Å². The predicted molar refractivity (Wildman–Crippen MR) is 106 cm³/mol. The van der Waals surface area contributed by atoms with Crippen LogP contribution in [0.3, 0.4) is 0 Å². The molecule has 1 aromatic carbocycles. The summed E-state index contributed by atoms with van der Waals surface area (Å²) in [6, 6.07) is 5.55. The number of carbonyl (C=O) groups excluding carboxylic acids is 2. The van der Waals surface area contributed by atoms with Gasteiger partial charge in [-0.25, -0.2) is 0 Å². The van der Waals surface area contributed by atoms with Crippen molar-refractivity contribution >= 4 is 29.5 Å². The number of carbonyl (C=O) groups is 2. The monoisotopic (exact) mass is 394 g/mol. The third-order valence-corrected chi connectivity index (χ3v) is 4.64. The zero-order valence-corrected chi connectivity index (χ0v) is 16.7. The predicted octanol–water partition coefficient (Wildman–Crippen LogP) is 2.80. The first-order chi connectivity index (χ1) is 13.1. The fourth-order valence-electron chi connectivity index (χ4n) is 2.89. The van der Waals surface area contributed by atoms with Crippen molar-refractivity contribution in [3.05, 3.63) is 29.8 Å². The fourth-order valence-corrected chi connectivity index (χ4v) is 3.02. The Morgan fingerprint density at radius 3 is 2.48 bits per heavy atom. The first-order valence-corrected chi connectivity index (χ1v) is 9.74. The van der Waals surface area contributed by atoms with Crippen molar-refractivity contribution in [2.45, 2.75) is 19.8 Å². The van der Waals surface area contributed by atoms with Gasteiger partial charge in [0.15, 0.2) is 11.5 Å². The lowest BCUT2D eigenvalue weighted by Gasteiger charge is -2.34. The summed E-state index contributed by atoms with van der Waals surface area (Å²) in [7, 11) is 1.59. The Bertz CT molecular complexity index is 670. The molecule has 0 spiro atoms. The van der Waals surface area contributed by atoms with Crippen molar-refractivity contribution in [3.8, 4) is 11.5 Å². The van der Waals surface area contributed by atoms with E-state index in [9.17, 15) is 9.59 Å². The summed E-state index contributed by atoms with van der Waals surface area (Å²) in [6.07, 6.45) is 4.48. The number of methoxy groups -OCH3 is 1. The number of nitrogens with zero attached hydrogens (tertiary/aromatic N) is 2. The second-order valence-corrected chi connectivity index (χ2v) is 6.55. The number of halogens is 1. The second kappa shape index (κ2) is 10.8. The van der Waals surface area contributed by atoms with Gasteiger partial charge in [0.05, 0.1) is 13.7 Å². The van der Waals surface area contributed by atoms with E-state index in [0.717, 1.165) is 5.56 Å². The van der Waals surface area contributed by atoms with Gasteiger partial charge in [-0.2, -0.15) is 0 Å². The largest absolute Gasteiger partial charge is 0.493 e. The summed E-state index contributed by atoms with van der Waals surface area (Å²) >= 11 is 5.63. The molecule has 6 nitrogen and oxygen atoms in total. The van der Waals surface area contributed by atoms with Gasteiger partial charge in [0.25, 0.3) is 0 Å². The number of rotatable bonds is 8. The highest BCUT2D eigenvalue weighted by molar-refractivity contribution is 6.17. The zero-order valence-electron chi connectivity index (χ0n) is 15.9. The number of piperazine rings is 1. The average molecular weight is 395 g/mol. The van der Waals surface area contributed by atoms with Gasteiger partial charge in [0.2, 0.25) is 11.8 Å². The van der Waals surface area contributed by atoms with Gasteiger partial charge in [0.1, 0.15) is 0 Å². The molecule has 1 fully saturated rings. The Hall–Kier alpha value is -2.21. The van der Waals surface area contributed by atoms with Crippen molar-refractivity contribution in [1.29, 1.82) is 0 Å². The Kier molecular flexibility index (Phi) is 8.45. The lowest BCUT2D eigenvalue weighted by atomic mass is 10.1. The van der Waals surface area contributed by atoms with E-state index in [4.69, 9.17) is 21.1 Å². The topological polar surface area (TPSA) is 59.1 Å². The van der Waals surface area contributed by atoms with Crippen molar-refractivity contribution in [1.82, 2.24) is 9.80 Å². The molecule has 0 radical (unpaired) electrons. The van der Waals surface area contributed by atoms with Crippen molar-refractivity contribution in [2.75, 3.05) is 45.8 Å². The molecular formula is C20H27ClN2O4. The molecule has 2 amide bonds.